The molecule has 0 saturated heterocycles. The molecule has 2 rings (SSSR count). The molecule has 0 spiro atoms. The molecule has 0 radical (unpaired) electrons. The van der Waals surface area contributed by atoms with Gasteiger partial charge in [0.15, 0.2) is 0 Å². The van der Waals surface area contributed by atoms with Crippen molar-refractivity contribution in [3.05, 3.63) is 36.4 Å². The SMILES string of the molecule is CNC.Oc1ccc2cc(O)ccc2c1. The smallest absolute Gasteiger partial charge is 0.116 e. The van der Waals surface area contributed by atoms with Crippen molar-refractivity contribution in [2.45, 2.75) is 0 Å². The summed E-state index contributed by atoms with van der Waals surface area (Å²) >= 11 is 0. The highest BCUT2D eigenvalue weighted by molar-refractivity contribution is 5.84. The highest BCUT2D eigenvalue weighted by atomic mass is 16.3. The van der Waals surface area contributed by atoms with Gasteiger partial charge in [-0.1, -0.05) is 12.1 Å². The molecule has 15 heavy (non-hydrogen) atoms. The van der Waals surface area contributed by atoms with Gasteiger partial charge in [-0.25, -0.2) is 0 Å². The topological polar surface area (TPSA) is 52.5 Å². The summed E-state index contributed by atoms with van der Waals surface area (Å²) in [4.78, 5) is 0. The number of rotatable bonds is 0. The first-order valence-corrected chi connectivity index (χ1v) is 4.67. The van der Waals surface area contributed by atoms with Gasteiger partial charge in [0.25, 0.3) is 0 Å². The zero-order valence-corrected chi connectivity index (χ0v) is 8.86. The number of benzene rings is 2. The maximum atomic E-state index is 9.14. The van der Waals surface area contributed by atoms with E-state index in [1.54, 1.807) is 36.4 Å². The van der Waals surface area contributed by atoms with Gasteiger partial charge in [-0.05, 0) is 49.1 Å². The summed E-state index contributed by atoms with van der Waals surface area (Å²) in [5.74, 6) is 0.487. The van der Waals surface area contributed by atoms with Crippen LogP contribution in [0.3, 0.4) is 0 Å². The van der Waals surface area contributed by atoms with Gasteiger partial charge >= 0.3 is 0 Å². The predicted octanol–water partition coefficient (Wildman–Crippen LogP) is 2.09. The van der Waals surface area contributed by atoms with E-state index in [1.807, 2.05) is 14.1 Å². The van der Waals surface area contributed by atoms with Gasteiger partial charge in [-0.15, -0.1) is 0 Å². The molecule has 2 aromatic rings. The summed E-state index contributed by atoms with van der Waals surface area (Å²) in [7, 11) is 3.75. The molecule has 0 heterocycles. The normalized spacial score (nSPS) is 9.47. The van der Waals surface area contributed by atoms with Crippen LogP contribution >= 0.6 is 0 Å². The van der Waals surface area contributed by atoms with Crippen LogP contribution in [0.5, 0.6) is 11.5 Å². The Bertz CT molecular complexity index is 399. The van der Waals surface area contributed by atoms with Crippen molar-refractivity contribution in [2.24, 2.45) is 0 Å². The molecule has 0 aromatic heterocycles. The first-order valence-electron chi connectivity index (χ1n) is 4.67. The van der Waals surface area contributed by atoms with Crippen LogP contribution in [0.15, 0.2) is 36.4 Å². The molecule has 80 valence electrons. The Hall–Kier alpha value is -1.74. The molecule has 0 amide bonds. The zero-order valence-electron chi connectivity index (χ0n) is 8.86. The second-order valence-electron chi connectivity index (χ2n) is 3.22. The highest BCUT2D eigenvalue weighted by Crippen LogP contribution is 2.23. The molecule has 0 atom stereocenters. The maximum Gasteiger partial charge on any atom is 0.116 e. The van der Waals surface area contributed by atoms with Crippen molar-refractivity contribution in [3.8, 4) is 11.5 Å². The third-order valence-electron chi connectivity index (χ3n) is 1.81. The van der Waals surface area contributed by atoms with Crippen LogP contribution in [0.4, 0.5) is 0 Å². The average Bonchev–Trinajstić information content (AvgIpc) is 2.20. The van der Waals surface area contributed by atoms with Gasteiger partial charge in [0.05, 0.1) is 0 Å². The lowest BCUT2D eigenvalue weighted by Crippen LogP contribution is -1.89. The van der Waals surface area contributed by atoms with Gasteiger partial charge in [-0.3, -0.25) is 0 Å². The Balaban J connectivity index is 0.000000337. The number of hydrogen-bond acceptors (Lipinski definition) is 3. The molecule has 0 saturated carbocycles. The molecule has 0 unspecified atom stereocenters. The molecule has 0 fully saturated rings. The van der Waals surface area contributed by atoms with Crippen LogP contribution in [-0.4, -0.2) is 24.3 Å². The lowest BCUT2D eigenvalue weighted by molar-refractivity contribution is 0.474. The molecule has 2 aromatic carbocycles. The summed E-state index contributed by atoms with van der Waals surface area (Å²) in [6, 6.07) is 10.1. The fourth-order valence-electron chi connectivity index (χ4n) is 1.22. The fourth-order valence-corrected chi connectivity index (χ4v) is 1.22. The van der Waals surface area contributed by atoms with Crippen LogP contribution in [0.1, 0.15) is 0 Å². The van der Waals surface area contributed by atoms with Gasteiger partial charge in [0.2, 0.25) is 0 Å². The van der Waals surface area contributed by atoms with E-state index in [1.165, 1.54) is 0 Å². The van der Waals surface area contributed by atoms with E-state index >= 15 is 0 Å². The largest absolute Gasteiger partial charge is 0.508 e. The molecule has 3 heteroatoms. The number of nitrogens with one attached hydrogen (secondary N) is 1. The van der Waals surface area contributed by atoms with Crippen LogP contribution < -0.4 is 5.32 Å². The highest BCUT2D eigenvalue weighted by Gasteiger charge is 1.95. The standard InChI is InChI=1S/C10H8O2.C2H7N/c11-9-3-1-7-5-10(12)4-2-8(7)6-9;1-3-2/h1-6,11-12H;3H,1-2H3. The number of phenols is 2. The van der Waals surface area contributed by atoms with Gasteiger partial charge < -0.3 is 15.5 Å². The van der Waals surface area contributed by atoms with Crippen LogP contribution in [0, 0.1) is 0 Å². The number of aromatic hydroxyl groups is 2. The molecular formula is C12H15NO2. The van der Waals surface area contributed by atoms with Crippen molar-refractivity contribution in [1.29, 1.82) is 0 Å². The minimum absolute atomic E-state index is 0.244. The molecular weight excluding hydrogens is 190 g/mol. The van der Waals surface area contributed by atoms with E-state index in [4.69, 9.17) is 10.2 Å². The minimum atomic E-state index is 0.244. The van der Waals surface area contributed by atoms with Gasteiger partial charge in [-0.2, -0.15) is 0 Å². The summed E-state index contributed by atoms with van der Waals surface area (Å²) in [6.45, 7) is 0. The summed E-state index contributed by atoms with van der Waals surface area (Å²) in [5.41, 5.74) is 0. The van der Waals surface area contributed by atoms with Gasteiger partial charge in [0, 0.05) is 0 Å². The average molecular weight is 205 g/mol. The molecule has 0 bridgehead atoms. The van der Waals surface area contributed by atoms with E-state index < -0.39 is 0 Å². The van der Waals surface area contributed by atoms with Crippen molar-refractivity contribution in [1.82, 2.24) is 5.32 Å². The molecule has 0 aliphatic heterocycles. The molecule has 3 nitrogen and oxygen atoms in total. The lowest BCUT2D eigenvalue weighted by Gasteiger charge is -1.98. The van der Waals surface area contributed by atoms with Crippen LogP contribution in [0.2, 0.25) is 0 Å². The maximum absolute atomic E-state index is 9.14. The number of fused-ring (bicyclic) bond motifs is 1. The first-order chi connectivity index (χ1) is 7.17. The van der Waals surface area contributed by atoms with Crippen LogP contribution in [0.25, 0.3) is 10.8 Å². The van der Waals surface area contributed by atoms with Crippen molar-refractivity contribution in [2.75, 3.05) is 14.1 Å². The summed E-state index contributed by atoms with van der Waals surface area (Å²) < 4.78 is 0. The molecule has 0 aliphatic rings. The first kappa shape index (κ1) is 11.3. The Morgan fingerprint density at radius 1 is 0.800 bits per heavy atom. The fraction of sp³-hybridized carbons (Fsp3) is 0.167. The van der Waals surface area contributed by atoms with E-state index in [0.717, 1.165) is 10.8 Å². The Kier molecular flexibility index (Phi) is 3.94. The van der Waals surface area contributed by atoms with Crippen molar-refractivity contribution in [3.63, 3.8) is 0 Å². The molecule has 0 aliphatic carbocycles. The summed E-state index contributed by atoms with van der Waals surface area (Å²) in [6.07, 6.45) is 0. The summed E-state index contributed by atoms with van der Waals surface area (Å²) in [5, 5.41) is 22.9. The third-order valence-corrected chi connectivity index (χ3v) is 1.81. The van der Waals surface area contributed by atoms with Crippen LogP contribution in [-0.2, 0) is 0 Å². The Morgan fingerprint density at radius 2 is 1.13 bits per heavy atom. The second-order valence-corrected chi connectivity index (χ2v) is 3.22. The Morgan fingerprint density at radius 3 is 1.47 bits per heavy atom. The molecule has 3 N–H and O–H groups in total. The second kappa shape index (κ2) is 5.22. The van der Waals surface area contributed by atoms with Gasteiger partial charge in [0.1, 0.15) is 11.5 Å². The van der Waals surface area contributed by atoms with E-state index in [-0.39, 0.29) is 11.5 Å². The zero-order chi connectivity index (χ0) is 11.3. The van der Waals surface area contributed by atoms with E-state index in [9.17, 15) is 0 Å². The number of hydrogen-bond donors (Lipinski definition) is 3. The monoisotopic (exact) mass is 205 g/mol. The van der Waals surface area contributed by atoms with E-state index in [0.29, 0.717) is 0 Å². The lowest BCUT2D eigenvalue weighted by atomic mass is 10.1. The van der Waals surface area contributed by atoms with Crippen molar-refractivity contribution >= 4 is 10.8 Å². The third kappa shape index (κ3) is 3.14. The number of phenolic OH excluding ortho intramolecular Hbond substituents is 2. The van der Waals surface area contributed by atoms with E-state index in [2.05, 4.69) is 5.32 Å². The minimum Gasteiger partial charge on any atom is -0.508 e. The van der Waals surface area contributed by atoms with Crippen molar-refractivity contribution < 1.29 is 10.2 Å². The quantitative estimate of drug-likeness (QED) is 0.617. The Labute approximate surface area is 89.0 Å². The predicted molar refractivity (Wildman–Crippen MR) is 62.3 cm³/mol.